The monoisotopic (exact) mass is 345 g/mol. The van der Waals surface area contributed by atoms with Crippen molar-refractivity contribution in [3.8, 4) is 0 Å². The maximum absolute atomic E-state index is 12.3. The van der Waals surface area contributed by atoms with Gasteiger partial charge in [-0.25, -0.2) is 4.79 Å². The topological polar surface area (TPSA) is 68.5 Å². The Hall–Kier alpha value is -2.34. The number of carbonyl (C=O) groups excluding carboxylic acids is 2. The Morgan fingerprint density at radius 2 is 2.21 bits per heavy atom. The summed E-state index contributed by atoms with van der Waals surface area (Å²) in [4.78, 5) is 25.5. The first-order chi connectivity index (χ1) is 11.7. The van der Waals surface area contributed by atoms with Gasteiger partial charge in [-0.05, 0) is 50.3 Å². The largest absolute Gasteiger partial charge is 0.462 e. The molecule has 1 aliphatic carbocycles. The van der Waals surface area contributed by atoms with Crippen LogP contribution >= 0.6 is 11.3 Å². The quantitative estimate of drug-likeness (QED) is 0.483. The third-order valence-electron chi connectivity index (χ3n) is 3.86. The fourth-order valence-electron chi connectivity index (χ4n) is 2.78. The first kappa shape index (κ1) is 16.5. The zero-order valence-corrected chi connectivity index (χ0v) is 14.3. The average Bonchev–Trinajstić information content (AvgIpc) is 3.22. The van der Waals surface area contributed by atoms with E-state index in [0.29, 0.717) is 12.2 Å². The number of nitrogens with one attached hydrogen (secondary N) is 1. The van der Waals surface area contributed by atoms with Gasteiger partial charge in [0, 0.05) is 17.2 Å². The highest BCUT2D eigenvalue weighted by Gasteiger charge is 2.25. The van der Waals surface area contributed by atoms with Crippen LogP contribution in [0, 0.1) is 0 Å². The number of thiophene rings is 1. The molecule has 0 amide bonds. The zero-order chi connectivity index (χ0) is 16.9. The third kappa shape index (κ3) is 3.43. The molecule has 1 N–H and O–H groups in total. The number of esters is 1. The van der Waals surface area contributed by atoms with Gasteiger partial charge in [-0.3, -0.25) is 4.79 Å². The van der Waals surface area contributed by atoms with Crippen molar-refractivity contribution in [3.05, 3.63) is 52.4 Å². The lowest BCUT2D eigenvalue weighted by molar-refractivity contribution is 0.0526. The number of furan rings is 1. The first-order valence-electron chi connectivity index (χ1n) is 8.03. The van der Waals surface area contributed by atoms with Gasteiger partial charge in [-0.1, -0.05) is 0 Å². The molecule has 0 aromatic carbocycles. The van der Waals surface area contributed by atoms with Crippen molar-refractivity contribution in [2.45, 2.75) is 32.6 Å². The summed E-state index contributed by atoms with van der Waals surface area (Å²) >= 11 is 1.57. The lowest BCUT2D eigenvalue weighted by Crippen LogP contribution is -2.10. The molecule has 6 heteroatoms. The highest BCUT2D eigenvalue weighted by atomic mass is 32.1. The normalized spacial score (nSPS) is 13.7. The number of carbonyl (C=O) groups is 2. The standard InChI is InChI=1S/C18H19NO4S/c1-2-22-18(21)16-12-6-3-4-8-15(12)24-17(16)19-10-9-13(20)14-7-5-11-23-14/h5,7,9-11,19H,2-4,6,8H2,1H3/b10-9-. The van der Waals surface area contributed by atoms with E-state index in [9.17, 15) is 9.59 Å². The number of anilines is 1. The van der Waals surface area contributed by atoms with E-state index in [2.05, 4.69) is 5.32 Å². The maximum atomic E-state index is 12.3. The molecule has 126 valence electrons. The van der Waals surface area contributed by atoms with Crippen LogP contribution in [0.25, 0.3) is 0 Å². The van der Waals surface area contributed by atoms with Crippen LogP contribution in [0.1, 0.15) is 51.1 Å². The van der Waals surface area contributed by atoms with Gasteiger partial charge in [0.15, 0.2) is 5.76 Å². The molecular formula is C18H19NO4S. The molecule has 2 heterocycles. The number of fused-ring (bicyclic) bond motifs is 1. The summed E-state index contributed by atoms with van der Waals surface area (Å²) in [6.45, 7) is 2.14. The highest BCUT2D eigenvalue weighted by Crippen LogP contribution is 2.38. The molecule has 0 saturated heterocycles. The number of ketones is 1. The second kappa shape index (κ2) is 7.49. The van der Waals surface area contributed by atoms with Crippen molar-refractivity contribution >= 4 is 28.1 Å². The summed E-state index contributed by atoms with van der Waals surface area (Å²) in [5.74, 6) is -0.249. The zero-order valence-electron chi connectivity index (χ0n) is 13.5. The molecule has 24 heavy (non-hydrogen) atoms. The van der Waals surface area contributed by atoms with E-state index in [-0.39, 0.29) is 17.5 Å². The van der Waals surface area contributed by atoms with E-state index in [4.69, 9.17) is 9.15 Å². The van der Waals surface area contributed by atoms with Gasteiger partial charge in [0.1, 0.15) is 5.00 Å². The minimum absolute atomic E-state index is 0.230. The van der Waals surface area contributed by atoms with E-state index < -0.39 is 0 Å². The highest BCUT2D eigenvalue weighted by molar-refractivity contribution is 7.16. The lowest BCUT2D eigenvalue weighted by atomic mass is 9.95. The maximum Gasteiger partial charge on any atom is 0.341 e. The third-order valence-corrected chi connectivity index (χ3v) is 5.09. The Labute approximate surface area is 144 Å². The van der Waals surface area contributed by atoms with Crippen molar-refractivity contribution in [2.24, 2.45) is 0 Å². The molecule has 1 aliphatic rings. The second-order valence-corrected chi connectivity index (χ2v) is 6.56. The molecule has 0 atom stereocenters. The number of hydrogen-bond acceptors (Lipinski definition) is 6. The van der Waals surface area contributed by atoms with Gasteiger partial charge in [0.25, 0.3) is 0 Å². The Morgan fingerprint density at radius 1 is 1.38 bits per heavy atom. The summed E-state index contributed by atoms with van der Waals surface area (Å²) < 4.78 is 10.3. The van der Waals surface area contributed by atoms with Crippen LogP contribution in [0.4, 0.5) is 5.00 Å². The second-order valence-electron chi connectivity index (χ2n) is 5.45. The van der Waals surface area contributed by atoms with Crippen LogP contribution in [0.15, 0.2) is 35.1 Å². The fraction of sp³-hybridized carbons (Fsp3) is 0.333. The van der Waals surface area contributed by atoms with Crippen LogP contribution in [-0.2, 0) is 17.6 Å². The fourth-order valence-corrected chi connectivity index (χ4v) is 4.04. The Kier molecular flexibility index (Phi) is 5.15. The molecule has 0 saturated carbocycles. The summed E-state index contributed by atoms with van der Waals surface area (Å²) in [5, 5.41) is 3.82. The summed E-state index contributed by atoms with van der Waals surface area (Å²) in [5.41, 5.74) is 1.71. The predicted molar refractivity (Wildman–Crippen MR) is 92.7 cm³/mol. The van der Waals surface area contributed by atoms with Gasteiger partial charge in [-0.15, -0.1) is 11.3 Å². The molecule has 5 nitrogen and oxygen atoms in total. The minimum atomic E-state index is -0.301. The van der Waals surface area contributed by atoms with Gasteiger partial charge < -0.3 is 14.5 Å². The lowest BCUT2D eigenvalue weighted by Gasteiger charge is -2.12. The van der Waals surface area contributed by atoms with Crippen LogP contribution < -0.4 is 5.32 Å². The summed E-state index contributed by atoms with van der Waals surface area (Å²) in [7, 11) is 0. The van der Waals surface area contributed by atoms with E-state index in [1.54, 1.807) is 36.6 Å². The van der Waals surface area contributed by atoms with E-state index in [1.165, 1.54) is 17.2 Å². The molecule has 2 aromatic heterocycles. The molecule has 0 spiro atoms. The number of hydrogen-bond donors (Lipinski definition) is 1. The van der Waals surface area contributed by atoms with Crippen molar-refractivity contribution in [1.29, 1.82) is 0 Å². The predicted octanol–water partition coefficient (Wildman–Crippen LogP) is 4.21. The first-order valence-corrected chi connectivity index (χ1v) is 8.85. The van der Waals surface area contributed by atoms with Crippen molar-refractivity contribution in [1.82, 2.24) is 0 Å². The number of allylic oxidation sites excluding steroid dienone is 1. The smallest absolute Gasteiger partial charge is 0.341 e. The summed E-state index contributed by atoms with van der Waals surface area (Å²) in [6, 6.07) is 3.28. The summed E-state index contributed by atoms with van der Waals surface area (Å²) in [6.07, 6.45) is 8.52. The van der Waals surface area contributed by atoms with Crippen LogP contribution in [0.5, 0.6) is 0 Å². The van der Waals surface area contributed by atoms with Crippen molar-refractivity contribution in [3.63, 3.8) is 0 Å². The van der Waals surface area contributed by atoms with Crippen LogP contribution in [0.3, 0.4) is 0 Å². The van der Waals surface area contributed by atoms with Crippen LogP contribution in [-0.4, -0.2) is 18.4 Å². The molecule has 3 rings (SSSR count). The molecule has 0 bridgehead atoms. The molecule has 0 aliphatic heterocycles. The number of aryl methyl sites for hydroxylation is 1. The van der Waals surface area contributed by atoms with E-state index >= 15 is 0 Å². The Balaban J connectivity index is 1.80. The SMILES string of the molecule is CCOC(=O)c1c(N/C=C\C(=O)c2ccco2)sc2c1CCCC2. The van der Waals surface area contributed by atoms with E-state index in [1.807, 2.05) is 0 Å². The molecular weight excluding hydrogens is 326 g/mol. The van der Waals surface area contributed by atoms with E-state index in [0.717, 1.165) is 36.2 Å². The number of rotatable bonds is 6. The van der Waals surface area contributed by atoms with Crippen LogP contribution in [0.2, 0.25) is 0 Å². The van der Waals surface area contributed by atoms with Crippen molar-refractivity contribution in [2.75, 3.05) is 11.9 Å². The van der Waals surface area contributed by atoms with Gasteiger partial charge >= 0.3 is 5.97 Å². The van der Waals surface area contributed by atoms with Gasteiger partial charge in [0.2, 0.25) is 5.78 Å². The number of ether oxygens (including phenoxy) is 1. The minimum Gasteiger partial charge on any atom is -0.462 e. The average molecular weight is 345 g/mol. The van der Waals surface area contributed by atoms with Gasteiger partial charge in [0.05, 0.1) is 18.4 Å². The van der Waals surface area contributed by atoms with Crippen molar-refractivity contribution < 1.29 is 18.7 Å². The Bertz CT molecular complexity index is 758. The molecule has 2 aromatic rings. The molecule has 0 unspecified atom stereocenters. The molecule has 0 fully saturated rings. The van der Waals surface area contributed by atoms with Gasteiger partial charge in [-0.2, -0.15) is 0 Å². The Morgan fingerprint density at radius 3 is 2.96 bits per heavy atom. The molecule has 0 radical (unpaired) electrons.